The van der Waals surface area contributed by atoms with Crippen LogP contribution in [0.25, 0.3) is 0 Å². The lowest BCUT2D eigenvalue weighted by Gasteiger charge is -2.36. The zero-order chi connectivity index (χ0) is 29.8. The molecule has 0 spiro atoms. The Bertz CT molecular complexity index is 1260. The maximum Gasteiger partial charge on any atom is 0.307 e. The molecule has 0 aromatic heterocycles. The molecule has 3 aromatic rings. The molecule has 4 rings (SSSR count). The van der Waals surface area contributed by atoms with E-state index >= 15 is 0 Å². The third kappa shape index (κ3) is 8.70. The number of halogens is 1. The van der Waals surface area contributed by atoms with Gasteiger partial charge in [-0.05, 0) is 37.8 Å². The Kier molecular flexibility index (Phi) is 12.1. The van der Waals surface area contributed by atoms with Gasteiger partial charge in [-0.1, -0.05) is 142 Å². The Morgan fingerprint density at radius 2 is 1.29 bits per heavy atom. The highest BCUT2D eigenvalue weighted by atomic mass is 35.5. The van der Waals surface area contributed by atoms with E-state index in [1.165, 1.54) is 63.4 Å². The Morgan fingerprint density at radius 3 is 1.90 bits per heavy atom. The van der Waals surface area contributed by atoms with Crippen LogP contribution in [0, 0.1) is 5.92 Å². The molecule has 1 aliphatic rings. The van der Waals surface area contributed by atoms with Crippen molar-refractivity contribution in [2.45, 2.75) is 103 Å². The summed E-state index contributed by atoms with van der Waals surface area (Å²) < 4.78 is 11.7. The van der Waals surface area contributed by atoms with E-state index in [0.717, 1.165) is 17.5 Å². The summed E-state index contributed by atoms with van der Waals surface area (Å²) in [6, 6.07) is 25.7. The summed E-state index contributed by atoms with van der Waals surface area (Å²) in [5.41, 5.74) is 2.29. The van der Waals surface area contributed by atoms with E-state index in [1.54, 1.807) is 13.8 Å². The molecule has 0 aliphatic heterocycles. The predicted molar refractivity (Wildman–Crippen MR) is 170 cm³/mol. The maximum atomic E-state index is 13.4. The van der Waals surface area contributed by atoms with Gasteiger partial charge in [0.2, 0.25) is 0 Å². The summed E-state index contributed by atoms with van der Waals surface area (Å²) in [4.78, 5) is 25.7. The summed E-state index contributed by atoms with van der Waals surface area (Å²) in [7, 11) is 0. The van der Waals surface area contributed by atoms with Crippen LogP contribution in [0.5, 0.6) is 0 Å². The van der Waals surface area contributed by atoms with Gasteiger partial charge in [-0.2, -0.15) is 0 Å². The predicted octanol–water partition coefficient (Wildman–Crippen LogP) is 9.59. The Hall–Kier alpha value is -3.11. The van der Waals surface area contributed by atoms with Crippen molar-refractivity contribution >= 4 is 23.5 Å². The standard InChI is InChI=1S/C37H45ClO4/c1-28(2)41-35(39)25-26-36(40)42-37(31-17-11-8-12-18-31,33-19-13-14-20-34(33)38)32-23-21-30(22-24-32)27-29-15-9-6-4-3-5-7-10-16-29/h8,11-14,17-24,28-29H,3-7,9-10,15-16,25-27H2,1-2H3. The van der Waals surface area contributed by atoms with Crippen LogP contribution in [0.15, 0.2) is 78.9 Å². The summed E-state index contributed by atoms with van der Waals surface area (Å²) >= 11 is 6.82. The summed E-state index contributed by atoms with van der Waals surface area (Å²) in [6.45, 7) is 3.58. The Morgan fingerprint density at radius 1 is 0.738 bits per heavy atom. The smallest absolute Gasteiger partial charge is 0.307 e. The van der Waals surface area contributed by atoms with Crippen LogP contribution in [0.1, 0.15) is 107 Å². The number of ether oxygens (including phenoxy) is 2. The Labute approximate surface area is 256 Å². The number of rotatable bonds is 10. The number of carbonyl (C=O) groups excluding carboxylic acids is 2. The van der Waals surface area contributed by atoms with Crippen molar-refractivity contribution in [3.8, 4) is 0 Å². The number of hydrogen-bond donors (Lipinski definition) is 0. The van der Waals surface area contributed by atoms with Crippen LogP contribution in [-0.2, 0) is 31.1 Å². The van der Waals surface area contributed by atoms with E-state index in [2.05, 4.69) is 24.3 Å². The first-order valence-corrected chi connectivity index (χ1v) is 16.1. The summed E-state index contributed by atoms with van der Waals surface area (Å²) in [5, 5.41) is 0.499. The van der Waals surface area contributed by atoms with Gasteiger partial charge < -0.3 is 9.47 Å². The molecule has 1 aliphatic carbocycles. The quantitative estimate of drug-likeness (QED) is 0.175. The average Bonchev–Trinajstić information content (AvgIpc) is 2.99. The highest BCUT2D eigenvalue weighted by Crippen LogP contribution is 2.44. The minimum Gasteiger partial charge on any atom is -0.463 e. The first-order valence-electron chi connectivity index (χ1n) is 15.7. The van der Waals surface area contributed by atoms with E-state index in [9.17, 15) is 9.59 Å². The molecule has 1 saturated carbocycles. The van der Waals surface area contributed by atoms with Gasteiger partial charge in [0.15, 0.2) is 5.60 Å². The van der Waals surface area contributed by atoms with Gasteiger partial charge in [-0.15, -0.1) is 0 Å². The Balaban J connectivity index is 1.67. The summed E-state index contributed by atoms with van der Waals surface area (Å²) in [6.07, 6.45) is 12.7. The zero-order valence-electron chi connectivity index (χ0n) is 25.2. The zero-order valence-corrected chi connectivity index (χ0v) is 25.9. The third-order valence-corrected chi connectivity index (χ3v) is 8.54. The fourth-order valence-electron chi connectivity index (χ4n) is 6.13. The molecule has 0 bridgehead atoms. The SMILES string of the molecule is CC(C)OC(=O)CCC(=O)OC(c1ccccc1)(c1ccc(CC2CCCCCCCCC2)cc1)c1ccccc1Cl. The van der Waals surface area contributed by atoms with Crippen molar-refractivity contribution in [3.05, 3.63) is 106 Å². The molecule has 1 atom stereocenters. The van der Waals surface area contributed by atoms with Crippen LogP contribution in [0.3, 0.4) is 0 Å². The van der Waals surface area contributed by atoms with Crippen molar-refractivity contribution in [1.29, 1.82) is 0 Å². The lowest BCUT2D eigenvalue weighted by Crippen LogP contribution is -2.36. The van der Waals surface area contributed by atoms with Crippen LogP contribution >= 0.6 is 11.6 Å². The van der Waals surface area contributed by atoms with Gasteiger partial charge in [0, 0.05) is 21.7 Å². The number of hydrogen-bond acceptors (Lipinski definition) is 4. The number of carbonyl (C=O) groups is 2. The van der Waals surface area contributed by atoms with Crippen LogP contribution in [0.2, 0.25) is 5.02 Å². The molecule has 42 heavy (non-hydrogen) atoms. The molecular formula is C37H45ClO4. The first kappa shape index (κ1) is 31.8. The normalized spacial score (nSPS) is 16.4. The number of esters is 2. The third-order valence-electron chi connectivity index (χ3n) is 8.21. The molecular weight excluding hydrogens is 544 g/mol. The topological polar surface area (TPSA) is 52.6 Å². The molecule has 5 heteroatoms. The minimum atomic E-state index is -1.28. The van der Waals surface area contributed by atoms with Crippen LogP contribution < -0.4 is 0 Å². The minimum absolute atomic E-state index is 0.0509. The lowest BCUT2D eigenvalue weighted by molar-refractivity contribution is -0.158. The first-order chi connectivity index (χ1) is 20.4. The molecule has 1 fully saturated rings. The van der Waals surface area contributed by atoms with E-state index in [4.69, 9.17) is 21.1 Å². The molecule has 4 nitrogen and oxygen atoms in total. The fourth-order valence-corrected chi connectivity index (χ4v) is 6.39. The van der Waals surface area contributed by atoms with Gasteiger partial charge in [0.1, 0.15) is 0 Å². The summed E-state index contributed by atoms with van der Waals surface area (Å²) in [5.74, 6) is -0.222. The molecule has 0 N–H and O–H groups in total. The van der Waals surface area contributed by atoms with Gasteiger partial charge in [-0.25, -0.2) is 0 Å². The molecule has 0 heterocycles. The maximum absolute atomic E-state index is 13.4. The van der Waals surface area contributed by atoms with Crippen molar-refractivity contribution in [1.82, 2.24) is 0 Å². The van der Waals surface area contributed by atoms with E-state index in [-0.39, 0.29) is 18.9 Å². The van der Waals surface area contributed by atoms with Crippen LogP contribution in [-0.4, -0.2) is 18.0 Å². The fraction of sp³-hybridized carbons (Fsp3) is 0.459. The van der Waals surface area contributed by atoms with Gasteiger partial charge in [-0.3, -0.25) is 9.59 Å². The van der Waals surface area contributed by atoms with Crippen molar-refractivity contribution in [3.63, 3.8) is 0 Å². The second-order valence-electron chi connectivity index (χ2n) is 11.9. The highest BCUT2D eigenvalue weighted by molar-refractivity contribution is 6.31. The lowest BCUT2D eigenvalue weighted by atomic mass is 9.79. The highest BCUT2D eigenvalue weighted by Gasteiger charge is 2.42. The number of benzene rings is 3. The largest absolute Gasteiger partial charge is 0.463 e. The second kappa shape index (κ2) is 15.9. The molecule has 0 saturated heterocycles. The molecule has 224 valence electrons. The van der Waals surface area contributed by atoms with Gasteiger partial charge in [0.25, 0.3) is 0 Å². The van der Waals surface area contributed by atoms with E-state index in [1.807, 2.05) is 54.6 Å². The van der Waals surface area contributed by atoms with Crippen molar-refractivity contribution < 1.29 is 19.1 Å². The van der Waals surface area contributed by atoms with E-state index < -0.39 is 17.5 Å². The average molecular weight is 589 g/mol. The van der Waals surface area contributed by atoms with Crippen molar-refractivity contribution in [2.75, 3.05) is 0 Å². The monoisotopic (exact) mass is 588 g/mol. The van der Waals surface area contributed by atoms with Crippen LogP contribution in [0.4, 0.5) is 0 Å². The molecule has 0 amide bonds. The van der Waals surface area contributed by atoms with Crippen molar-refractivity contribution in [2.24, 2.45) is 5.92 Å². The van der Waals surface area contributed by atoms with Gasteiger partial charge >= 0.3 is 11.9 Å². The van der Waals surface area contributed by atoms with E-state index in [0.29, 0.717) is 16.5 Å². The molecule has 0 radical (unpaired) electrons. The van der Waals surface area contributed by atoms with Gasteiger partial charge in [0.05, 0.1) is 18.9 Å². The molecule has 1 unspecified atom stereocenters. The molecule has 3 aromatic carbocycles. The second-order valence-corrected chi connectivity index (χ2v) is 12.3.